The van der Waals surface area contributed by atoms with Gasteiger partial charge in [-0.05, 0) is 67.3 Å². The van der Waals surface area contributed by atoms with Gasteiger partial charge in [-0.1, -0.05) is 24.3 Å². The van der Waals surface area contributed by atoms with E-state index in [9.17, 15) is 27.5 Å². The number of hydrogen-bond acceptors (Lipinski definition) is 4. The molecule has 0 spiro atoms. The maximum Gasteiger partial charge on any atom is 0.335 e. The standard InChI is InChI=1S/C33H26F5N3O3/c1-18-5-7-20(23(34)11-18)16-44-29-4-2-3-26(39-29)22-8-6-19(12-24(22)35)13-28-40-30-25(36)14-21(31(42)43)15-27(30)41(28)17-33(9-10-33)32(37)38/h2-8,11-12,14-15,32H,9-10,13,16-17H2,1H3,(H,42,43). The molecule has 0 bridgehead atoms. The van der Waals surface area contributed by atoms with Crippen LogP contribution in [-0.4, -0.2) is 32.0 Å². The topological polar surface area (TPSA) is 77.2 Å². The number of halogens is 5. The number of alkyl halides is 2. The summed E-state index contributed by atoms with van der Waals surface area (Å²) in [6, 6.07) is 16.0. The Kier molecular flexibility index (Phi) is 7.56. The molecule has 0 saturated heterocycles. The molecule has 1 saturated carbocycles. The van der Waals surface area contributed by atoms with Crippen molar-refractivity contribution < 1.29 is 36.6 Å². The van der Waals surface area contributed by atoms with E-state index in [1.165, 1.54) is 28.8 Å². The summed E-state index contributed by atoms with van der Waals surface area (Å²) < 4.78 is 79.3. The smallest absolute Gasteiger partial charge is 0.335 e. The maximum atomic E-state index is 15.4. The molecule has 1 aliphatic rings. The Balaban J connectivity index is 1.28. The van der Waals surface area contributed by atoms with Crippen LogP contribution in [0.1, 0.15) is 45.7 Å². The van der Waals surface area contributed by atoms with E-state index in [1.807, 2.05) is 0 Å². The molecular weight excluding hydrogens is 581 g/mol. The Morgan fingerprint density at radius 2 is 1.77 bits per heavy atom. The average Bonchev–Trinajstić information content (AvgIpc) is 3.70. The van der Waals surface area contributed by atoms with Crippen LogP contribution in [0.2, 0.25) is 0 Å². The number of carbonyl (C=O) groups is 1. The van der Waals surface area contributed by atoms with Crippen LogP contribution in [-0.2, 0) is 19.6 Å². The molecule has 6 rings (SSSR count). The number of aromatic carboxylic acids is 1. The minimum absolute atomic E-state index is 0.0221. The van der Waals surface area contributed by atoms with E-state index in [2.05, 4.69) is 9.97 Å². The van der Waals surface area contributed by atoms with Crippen molar-refractivity contribution in [2.75, 3.05) is 0 Å². The SMILES string of the molecule is Cc1ccc(COc2cccc(-c3ccc(Cc4nc5c(F)cc(C(=O)O)cc5n4CC4(C(F)F)CC4)cc3F)n2)c(F)c1. The van der Waals surface area contributed by atoms with Crippen molar-refractivity contribution in [1.82, 2.24) is 14.5 Å². The van der Waals surface area contributed by atoms with E-state index in [1.54, 1.807) is 43.3 Å². The van der Waals surface area contributed by atoms with Crippen LogP contribution in [0.4, 0.5) is 22.0 Å². The highest BCUT2D eigenvalue weighted by atomic mass is 19.3. The first-order chi connectivity index (χ1) is 21.0. The molecular formula is C33H26F5N3O3. The summed E-state index contributed by atoms with van der Waals surface area (Å²) in [6.07, 6.45) is -2.11. The Hall–Kier alpha value is -4.80. The van der Waals surface area contributed by atoms with Crippen molar-refractivity contribution in [3.05, 3.63) is 112 Å². The van der Waals surface area contributed by atoms with E-state index in [4.69, 9.17) is 4.74 Å². The number of carboxylic acids is 1. The molecule has 44 heavy (non-hydrogen) atoms. The summed E-state index contributed by atoms with van der Waals surface area (Å²) in [7, 11) is 0. The normalized spacial score (nSPS) is 13.9. The first kappa shape index (κ1) is 29.3. The average molecular weight is 608 g/mol. The van der Waals surface area contributed by atoms with Gasteiger partial charge in [0.1, 0.15) is 29.6 Å². The van der Waals surface area contributed by atoms with E-state index in [0.717, 1.165) is 11.6 Å². The third-order valence-electron chi connectivity index (χ3n) is 7.94. The number of carboxylic acid groups (broad SMARTS) is 1. The Labute approximate surface area is 248 Å². The number of ether oxygens (including phenoxy) is 1. The van der Waals surface area contributed by atoms with Crippen molar-refractivity contribution in [3.63, 3.8) is 0 Å². The zero-order valence-corrected chi connectivity index (χ0v) is 23.5. The Morgan fingerprint density at radius 1 is 0.977 bits per heavy atom. The van der Waals surface area contributed by atoms with Crippen molar-refractivity contribution in [2.45, 2.75) is 45.8 Å². The zero-order valence-electron chi connectivity index (χ0n) is 23.5. The molecule has 11 heteroatoms. The number of hydrogen-bond donors (Lipinski definition) is 1. The Morgan fingerprint density at radius 3 is 2.45 bits per heavy atom. The second-order valence-corrected chi connectivity index (χ2v) is 11.1. The molecule has 2 aromatic heterocycles. The minimum atomic E-state index is -2.62. The van der Waals surface area contributed by atoms with Gasteiger partial charge in [-0.15, -0.1) is 0 Å². The summed E-state index contributed by atoms with van der Waals surface area (Å²) in [5, 5.41) is 9.42. The lowest BCUT2D eigenvalue weighted by Crippen LogP contribution is -2.21. The van der Waals surface area contributed by atoms with Crippen molar-refractivity contribution >= 4 is 17.0 Å². The monoisotopic (exact) mass is 607 g/mol. The lowest BCUT2D eigenvalue weighted by atomic mass is 10.0. The third kappa shape index (κ3) is 5.73. The Bertz CT molecular complexity index is 1900. The van der Waals surface area contributed by atoms with Crippen molar-refractivity contribution in [2.24, 2.45) is 5.41 Å². The lowest BCUT2D eigenvalue weighted by Gasteiger charge is -2.18. The fourth-order valence-electron chi connectivity index (χ4n) is 5.21. The van der Waals surface area contributed by atoms with Crippen molar-refractivity contribution in [3.8, 4) is 17.1 Å². The zero-order chi connectivity index (χ0) is 31.2. The van der Waals surface area contributed by atoms with Gasteiger partial charge in [0.2, 0.25) is 12.3 Å². The van der Waals surface area contributed by atoms with Gasteiger partial charge in [-0.3, -0.25) is 0 Å². The van der Waals surface area contributed by atoms with Gasteiger partial charge < -0.3 is 14.4 Å². The molecule has 6 nitrogen and oxygen atoms in total. The van der Waals surface area contributed by atoms with E-state index >= 15 is 4.39 Å². The highest BCUT2D eigenvalue weighted by Gasteiger charge is 2.51. The summed E-state index contributed by atoms with van der Waals surface area (Å²) in [6.45, 7) is 1.54. The summed E-state index contributed by atoms with van der Waals surface area (Å²) in [4.78, 5) is 20.2. The molecule has 3 aromatic carbocycles. The molecule has 2 heterocycles. The molecule has 226 valence electrons. The van der Waals surface area contributed by atoms with Gasteiger partial charge in [-0.25, -0.2) is 36.7 Å². The second-order valence-electron chi connectivity index (χ2n) is 11.1. The van der Waals surface area contributed by atoms with Gasteiger partial charge in [0.05, 0.1) is 16.8 Å². The molecule has 1 N–H and O–H groups in total. The molecule has 5 aromatic rings. The molecule has 0 amide bonds. The third-order valence-corrected chi connectivity index (χ3v) is 7.94. The predicted molar refractivity (Wildman–Crippen MR) is 152 cm³/mol. The van der Waals surface area contributed by atoms with Crippen LogP contribution >= 0.6 is 0 Å². The first-order valence-electron chi connectivity index (χ1n) is 13.9. The summed E-state index contributed by atoms with van der Waals surface area (Å²) in [5.41, 5.74) is 0.323. The van der Waals surface area contributed by atoms with Crippen LogP contribution in [0.25, 0.3) is 22.3 Å². The maximum absolute atomic E-state index is 15.4. The van der Waals surface area contributed by atoms with E-state index in [0.29, 0.717) is 11.1 Å². The number of fused-ring (bicyclic) bond motifs is 1. The van der Waals surface area contributed by atoms with Crippen LogP contribution in [0.5, 0.6) is 5.88 Å². The van der Waals surface area contributed by atoms with Crippen molar-refractivity contribution in [1.29, 1.82) is 0 Å². The molecule has 0 atom stereocenters. The fourth-order valence-corrected chi connectivity index (χ4v) is 5.21. The summed E-state index contributed by atoms with van der Waals surface area (Å²) >= 11 is 0. The number of aromatic nitrogens is 3. The largest absolute Gasteiger partial charge is 0.478 e. The molecule has 1 fully saturated rings. The number of nitrogens with zero attached hydrogens (tertiary/aromatic N) is 3. The van der Waals surface area contributed by atoms with Gasteiger partial charge in [-0.2, -0.15) is 0 Å². The minimum Gasteiger partial charge on any atom is -0.478 e. The highest BCUT2D eigenvalue weighted by Crippen LogP contribution is 2.52. The van der Waals surface area contributed by atoms with Crippen LogP contribution in [0, 0.1) is 29.8 Å². The number of pyridine rings is 1. The van der Waals surface area contributed by atoms with Crippen LogP contribution in [0.3, 0.4) is 0 Å². The number of rotatable bonds is 10. The highest BCUT2D eigenvalue weighted by molar-refractivity contribution is 5.92. The van der Waals surface area contributed by atoms with Crippen LogP contribution in [0.15, 0.2) is 66.7 Å². The number of imidazole rings is 1. The van der Waals surface area contributed by atoms with Gasteiger partial charge in [0, 0.05) is 35.6 Å². The van der Waals surface area contributed by atoms with E-state index < -0.39 is 35.3 Å². The van der Waals surface area contributed by atoms with Crippen LogP contribution < -0.4 is 4.74 Å². The van der Waals surface area contributed by atoms with Gasteiger partial charge >= 0.3 is 5.97 Å². The van der Waals surface area contributed by atoms with Gasteiger partial charge in [0.25, 0.3) is 0 Å². The first-order valence-corrected chi connectivity index (χ1v) is 13.9. The predicted octanol–water partition coefficient (Wildman–Crippen LogP) is 7.74. The molecule has 1 aliphatic carbocycles. The number of benzene rings is 3. The van der Waals surface area contributed by atoms with Gasteiger partial charge in [0.15, 0.2) is 5.82 Å². The van der Waals surface area contributed by atoms with E-state index in [-0.39, 0.29) is 72.0 Å². The second kappa shape index (κ2) is 11.4. The quantitative estimate of drug-likeness (QED) is 0.164. The number of aryl methyl sites for hydroxylation is 1. The summed E-state index contributed by atoms with van der Waals surface area (Å²) in [5.74, 6) is -2.89. The molecule has 0 radical (unpaired) electrons. The fraction of sp³-hybridized carbons (Fsp3) is 0.242. The lowest BCUT2D eigenvalue weighted by molar-refractivity contribution is 0.0514. The molecule has 0 aliphatic heterocycles. The molecule has 0 unspecified atom stereocenters.